The number of nitrogens with one attached hydrogen (secondary N) is 1. The predicted molar refractivity (Wildman–Crippen MR) is 149 cm³/mol. The van der Waals surface area contributed by atoms with Crippen LogP contribution in [0.1, 0.15) is 11.1 Å². The van der Waals surface area contributed by atoms with Gasteiger partial charge < -0.3 is 10.1 Å². The van der Waals surface area contributed by atoms with Crippen LogP contribution in [-0.4, -0.2) is 21.2 Å². The van der Waals surface area contributed by atoms with Crippen molar-refractivity contribution >= 4 is 34.3 Å². The van der Waals surface area contributed by atoms with Gasteiger partial charge in [-0.1, -0.05) is 65.9 Å². The van der Waals surface area contributed by atoms with Gasteiger partial charge in [-0.3, -0.25) is 14.2 Å². The highest BCUT2D eigenvalue weighted by Gasteiger charge is 2.16. The van der Waals surface area contributed by atoms with E-state index in [-0.39, 0.29) is 17.2 Å². The number of nitrogens with zero attached hydrogens (tertiary/aromatic N) is 2. The first kappa shape index (κ1) is 24.3. The van der Waals surface area contributed by atoms with E-state index in [1.54, 1.807) is 22.8 Å². The van der Waals surface area contributed by atoms with Crippen LogP contribution in [0.5, 0.6) is 11.5 Å². The summed E-state index contributed by atoms with van der Waals surface area (Å²) in [7, 11) is 0. The second-order valence-corrected chi connectivity index (χ2v) is 9.56. The maximum Gasteiger partial charge on any atom is 0.266 e. The maximum absolute atomic E-state index is 13.5. The molecule has 0 aliphatic carbocycles. The van der Waals surface area contributed by atoms with Gasteiger partial charge in [-0.15, -0.1) is 0 Å². The van der Waals surface area contributed by atoms with E-state index in [4.69, 9.17) is 9.72 Å². The molecule has 6 nitrogen and oxygen atoms in total. The van der Waals surface area contributed by atoms with Crippen molar-refractivity contribution in [2.45, 2.75) is 19.0 Å². The number of ether oxygens (including phenoxy) is 1. The molecule has 0 aliphatic rings. The number of fused-ring (bicyclic) bond motifs is 1. The Morgan fingerprint density at radius 3 is 2.46 bits per heavy atom. The second-order valence-electron chi connectivity index (χ2n) is 8.62. The van der Waals surface area contributed by atoms with Gasteiger partial charge >= 0.3 is 0 Å². The molecule has 37 heavy (non-hydrogen) atoms. The van der Waals surface area contributed by atoms with Gasteiger partial charge in [-0.2, -0.15) is 0 Å². The Labute approximate surface area is 219 Å². The van der Waals surface area contributed by atoms with E-state index in [2.05, 4.69) is 5.32 Å². The average molecular weight is 508 g/mol. The summed E-state index contributed by atoms with van der Waals surface area (Å²) in [5, 5.41) is 3.91. The number of para-hydroxylation sites is 2. The standard InChI is InChI=1S/C30H25N3O3S/c1-20-15-16-27(21(2)17-20)33-29(35)25-13-6-7-14-26(25)32-30(33)37-19-28(34)31-22-9-8-12-24(18-22)36-23-10-4-3-5-11-23/h3-18H,19H2,1-2H3,(H,31,34). The second kappa shape index (κ2) is 10.7. The zero-order valence-electron chi connectivity index (χ0n) is 20.5. The summed E-state index contributed by atoms with van der Waals surface area (Å²) in [4.78, 5) is 31.1. The van der Waals surface area contributed by atoms with Crippen molar-refractivity contribution in [1.82, 2.24) is 9.55 Å². The lowest BCUT2D eigenvalue weighted by molar-refractivity contribution is -0.113. The zero-order chi connectivity index (χ0) is 25.8. The van der Waals surface area contributed by atoms with Crippen molar-refractivity contribution in [1.29, 1.82) is 0 Å². The molecule has 1 N–H and O–H groups in total. The molecule has 7 heteroatoms. The molecule has 0 aliphatic heterocycles. The summed E-state index contributed by atoms with van der Waals surface area (Å²) in [6, 6.07) is 29.9. The number of carbonyl (C=O) groups excluding carboxylic acids is 1. The van der Waals surface area contributed by atoms with Gasteiger partial charge in [0, 0.05) is 11.8 Å². The van der Waals surface area contributed by atoms with Crippen LogP contribution in [-0.2, 0) is 4.79 Å². The molecule has 0 fully saturated rings. The Hall–Kier alpha value is -4.36. The van der Waals surface area contributed by atoms with Crippen LogP contribution < -0.4 is 15.6 Å². The number of benzene rings is 4. The lowest BCUT2D eigenvalue weighted by Gasteiger charge is -2.15. The van der Waals surface area contributed by atoms with Gasteiger partial charge in [0.05, 0.1) is 22.3 Å². The number of hydrogen-bond donors (Lipinski definition) is 1. The molecule has 0 spiro atoms. The van der Waals surface area contributed by atoms with Crippen molar-refractivity contribution in [2.24, 2.45) is 0 Å². The van der Waals surface area contributed by atoms with E-state index in [0.717, 1.165) is 16.8 Å². The molecular weight excluding hydrogens is 482 g/mol. The number of aryl methyl sites for hydroxylation is 2. The molecule has 5 aromatic rings. The van der Waals surface area contributed by atoms with Gasteiger partial charge in [0.2, 0.25) is 5.91 Å². The quantitative estimate of drug-likeness (QED) is 0.200. The largest absolute Gasteiger partial charge is 0.457 e. The van der Waals surface area contributed by atoms with Crippen LogP contribution in [0, 0.1) is 13.8 Å². The fraction of sp³-hybridized carbons (Fsp3) is 0.100. The van der Waals surface area contributed by atoms with Crippen molar-refractivity contribution in [3.8, 4) is 17.2 Å². The Balaban J connectivity index is 1.38. The van der Waals surface area contributed by atoms with Gasteiger partial charge in [0.25, 0.3) is 5.56 Å². The van der Waals surface area contributed by atoms with Crippen molar-refractivity contribution in [3.63, 3.8) is 0 Å². The molecule has 0 saturated heterocycles. The first-order valence-corrected chi connectivity index (χ1v) is 12.8. The topological polar surface area (TPSA) is 73.2 Å². The average Bonchev–Trinajstić information content (AvgIpc) is 2.89. The highest BCUT2D eigenvalue weighted by molar-refractivity contribution is 7.99. The number of hydrogen-bond acceptors (Lipinski definition) is 5. The van der Waals surface area contributed by atoms with Crippen molar-refractivity contribution in [3.05, 3.63) is 119 Å². The number of thioether (sulfide) groups is 1. The maximum atomic E-state index is 13.5. The van der Waals surface area contributed by atoms with Gasteiger partial charge in [-0.05, 0) is 61.9 Å². The molecule has 4 aromatic carbocycles. The molecular formula is C30H25N3O3S. The molecule has 0 saturated carbocycles. The Morgan fingerprint density at radius 1 is 0.892 bits per heavy atom. The molecule has 0 radical (unpaired) electrons. The summed E-state index contributed by atoms with van der Waals surface area (Å²) in [6.45, 7) is 3.98. The first-order chi connectivity index (χ1) is 18.0. The molecule has 0 bridgehead atoms. The SMILES string of the molecule is Cc1ccc(-n2c(SCC(=O)Nc3cccc(Oc4ccccc4)c3)nc3ccccc3c2=O)c(C)c1. The number of aromatic nitrogens is 2. The third kappa shape index (κ3) is 5.57. The van der Waals surface area contributed by atoms with E-state index >= 15 is 0 Å². The molecule has 0 atom stereocenters. The molecule has 5 rings (SSSR count). The third-order valence-corrected chi connectivity index (χ3v) is 6.71. The third-order valence-electron chi connectivity index (χ3n) is 5.77. The zero-order valence-corrected chi connectivity index (χ0v) is 21.3. The van der Waals surface area contributed by atoms with E-state index in [1.807, 2.05) is 92.7 Å². The lowest BCUT2D eigenvalue weighted by Crippen LogP contribution is -2.23. The van der Waals surface area contributed by atoms with Crippen LogP contribution in [0.2, 0.25) is 0 Å². The molecule has 1 heterocycles. The van der Waals surface area contributed by atoms with Crippen LogP contribution in [0.4, 0.5) is 5.69 Å². The monoisotopic (exact) mass is 507 g/mol. The highest BCUT2D eigenvalue weighted by Crippen LogP contribution is 2.26. The minimum atomic E-state index is -0.212. The fourth-order valence-electron chi connectivity index (χ4n) is 4.07. The normalized spacial score (nSPS) is 10.9. The minimum Gasteiger partial charge on any atom is -0.457 e. The Kier molecular flexibility index (Phi) is 7.05. The minimum absolute atomic E-state index is 0.0828. The lowest BCUT2D eigenvalue weighted by atomic mass is 10.1. The summed E-state index contributed by atoms with van der Waals surface area (Å²) in [5.74, 6) is 1.21. The first-order valence-electron chi connectivity index (χ1n) is 11.8. The van der Waals surface area contributed by atoms with Crippen LogP contribution in [0.25, 0.3) is 16.6 Å². The number of anilines is 1. The van der Waals surface area contributed by atoms with Crippen LogP contribution >= 0.6 is 11.8 Å². The molecule has 184 valence electrons. The number of rotatable bonds is 7. The number of carbonyl (C=O) groups is 1. The predicted octanol–water partition coefficient (Wildman–Crippen LogP) is 6.53. The van der Waals surface area contributed by atoms with Crippen molar-refractivity contribution in [2.75, 3.05) is 11.1 Å². The molecule has 1 aromatic heterocycles. The van der Waals surface area contributed by atoms with Crippen molar-refractivity contribution < 1.29 is 9.53 Å². The Bertz CT molecular complexity index is 1650. The number of amides is 1. The van der Waals surface area contributed by atoms with Gasteiger partial charge in [0.1, 0.15) is 11.5 Å². The molecule has 0 unspecified atom stereocenters. The van der Waals surface area contributed by atoms with E-state index in [9.17, 15) is 9.59 Å². The Morgan fingerprint density at radius 2 is 1.65 bits per heavy atom. The fourth-order valence-corrected chi connectivity index (χ4v) is 4.87. The summed E-state index contributed by atoms with van der Waals surface area (Å²) >= 11 is 1.23. The van der Waals surface area contributed by atoms with E-state index in [1.165, 1.54) is 11.8 Å². The van der Waals surface area contributed by atoms with E-state index in [0.29, 0.717) is 33.2 Å². The summed E-state index contributed by atoms with van der Waals surface area (Å²) in [6.07, 6.45) is 0. The summed E-state index contributed by atoms with van der Waals surface area (Å²) in [5.41, 5.74) is 3.88. The van der Waals surface area contributed by atoms with Gasteiger partial charge in [-0.25, -0.2) is 4.98 Å². The van der Waals surface area contributed by atoms with E-state index < -0.39 is 0 Å². The smallest absolute Gasteiger partial charge is 0.266 e. The van der Waals surface area contributed by atoms with Crippen LogP contribution in [0.15, 0.2) is 107 Å². The van der Waals surface area contributed by atoms with Gasteiger partial charge in [0.15, 0.2) is 5.16 Å². The van der Waals surface area contributed by atoms with Crippen LogP contribution in [0.3, 0.4) is 0 Å². The summed E-state index contributed by atoms with van der Waals surface area (Å²) < 4.78 is 7.46. The molecule has 1 amide bonds. The highest BCUT2D eigenvalue weighted by atomic mass is 32.2.